The zero-order valence-corrected chi connectivity index (χ0v) is 15.6. The Morgan fingerprint density at radius 1 is 1.04 bits per heavy atom. The van der Waals surface area contributed by atoms with E-state index in [1.807, 2.05) is 24.3 Å². The number of rotatable bonds is 6. The Morgan fingerprint density at radius 2 is 1.70 bits per heavy atom. The molecule has 27 heavy (non-hydrogen) atoms. The predicted octanol–water partition coefficient (Wildman–Crippen LogP) is 3.42. The number of hydrogen-bond donors (Lipinski definition) is 1. The molecule has 140 valence electrons. The summed E-state index contributed by atoms with van der Waals surface area (Å²) in [5.74, 6) is -0.571. The second kappa shape index (κ2) is 8.86. The molecule has 2 aromatic carbocycles. The maximum absolute atomic E-state index is 11.9. The largest absolute Gasteiger partial charge is 0.482 e. The number of para-hydroxylation sites is 2. The van der Waals surface area contributed by atoms with Crippen LogP contribution in [-0.4, -0.2) is 25.1 Å². The Balaban J connectivity index is 1.85. The van der Waals surface area contributed by atoms with Crippen molar-refractivity contribution in [3.8, 4) is 11.8 Å². The summed E-state index contributed by atoms with van der Waals surface area (Å²) in [5, 5.41) is 11.5. The SMILES string of the molecule is CC(C)(C)c1ccccc1OCC(=O)OCC(=O)Nc1ccccc1C#N. The average molecular weight is 366 g/mol. The molecule has 0 aliphatic heterocycles. The third kappa shape index (κ3) is 5.86. The van der Waals surface area contributed by atoms with Crippen LogP contribution in [-0.2, 0) is 19.7 Å². The molecule has 0 aliphatic carbocycles. The van der Waals surface area contributed by atoms with Crippen molar-refractivity contribution in [1.29, 1.82) is 5.26 Å². The number of hydrogen-bond acceptors (Lipinski definition) is 5. The number of ether oxygens (including phenoxy) is 2. The van der Waals surface area contributed by atoms with Gasteiger partial charge in [0.05, 0.1) is 11.3 Å². The van der Waals surface area contributed by atoms with E-state index in [1.165, 1.54) is 0 Å². The predicted molar refractivity (Wildman–Crippen MR) is 101 cm³/mol. The lowest BCUT2D eigenvalue weighted by Crippen LogP contribution is -2.24. The maximum atomic E-state index is 11.9. The smallest absolute Gasteiger partial charge is 0.344 e. The molecular formula is C21H22N2O4. The number of carbonyl (C=O) groups excluding carboxylic acids is 2. The lowest BCUT2D eigenvalue weighted by molar-refractivity contribution is -0.149. The lowest BCUT2D eigenvalue weighted by Gasteiger charge is -2.22. The van der Waals surface area contributed by atoms with E-state index in [2.05, 4.69) is 26.1 Å². The summed E-state index contributed by atoms with van der Waals surface area (Å²) in [5.41, 5.74) is 1.55. The fourth-order valence-electron chi connectivity index (χ4n) is 2.41. The summed E-state index contributed by atoms with van der Waals surface area (Å²) in [6.45, 7) is 5.41. The Morgan fingerprint density at radius 3 is 2.41 bits per heavy atom. The first-order chi connectivity index (χ1) is 12.8. The Hall–Kier alpha value is -3.33. The van der Waals surface area contributed by atoms with Crippen LogP contribution in [0.2, 0.25) is 0 Å². The third-order valence-electron chi connectivity index (χ3n) is 3.73. The number of nitrogens with zero attached hydrogens (tertiary/aromatic N) is 1. The fourth-order valence-corrected chi connectivity index (χ4v) is 2.41. The molecule has 0 aromatic heterocycles. The zero-order chi connectivity index (χ0) is 19.9. The molecule has 6 heteroatoms. The van der Waals surface area contributed by atoms with Crippen LogP contribution in [0.5, 0.6) is 5.75 Å². The van der Waals surface area contributed by atoms with Gasteiger partial charge in [-0.05, 0) is 29.2 Å². The van der Waals surface area contributed by atoms with E-state index in [-0.39, 0.29) is 12.0 Å². The van der Waals surface area contributed by atoms with Gasteiger partial charge in [0, 0.05) is 0 Å². The number of anilines is 1. The number of nitrogens with one attached hydrogen (secondary N) is 1. The minimum absolute atomic E-state index is 0.130. The van der Waals surface area contributed by atoms with Crippen molar-refractivity contribution in [1.82, 2.24) is 0 Å². The van der Waals surface area contributed by atoms with Gasteiger partial charge in [0.2, 0.25) is 0 Å². The van der Waals surface area contributed by atoms with Crippen LogP contribution in [0, 0.1) is 11.3 Å². The minimum Gasteiger partial charge on any atom is -0.482 e. The molecule has 0 heterocycles. The highest BCUT2D eigenvalue weighted by Crippen LogP contribution is 2.30. The molecule has 2 aromatic rings. The minimum atomic E-state index is -0.651. The van der Waals surface area contributed by atoms with E-state index in [0.29, 0.717) is 17.0 Å². The van der Waals surface area contributed by atoms with Crippen molar-refractivity contribution >= 4 is 17.6 Å². The summed E-state index contributed by atoms with van der Waals surface area (Å²) in [4.78, 5) is 23.8. The van der Waals surface area contributed by atoms with E-state index in [1.54, 1.807) is 30.3 Å². The van der Waals surface area contributed by atoms with Crippen LogP contribution in [0.1, 0.15) is 31.9 Å². The number of carbonyl (C=O) groups is 2. The van der Waals surface area contributed by atoms with Gasteiger partial charge >= 0.3 is 5.97 Å². The second-order valence-electron chi connectivity index (χ2n) is 6.90. The normalized spacial score (nSPS) is 10.6. The standard InChI is InChI=1S/C21H22N2O4/c1-21(2,3)16-9-5-7-11-18(16)26-14-20(25)27-13-19(24)23-17-10-6-4-8-15(17)12-22/h4-11H,13-14H2,1-3H3,(H,23,24). The van der Waals surface area contributed by atoms with Crippen molar-refractivity contribution in [3.63, 3.8) is 0 Å². The molecule has 0 spiro atoms. The third-order valence-corrected chi connectivity index (χ3v) is 3.73. The van der Waals surface area contributed by atoms with Crippen LogP contribution in [0.15, 0.2) is 48.5 Å². The highest BCUT2D eigenvalue weighted by Gasteiger charge is 2.19. The number of benzene rings is 2. The van der Waals surface area contributed by atoms with Gasteiger partial charge in [-0.3, -0.25) is 4.79 Å². The van der Waals surface area contributed by atoms with Gasteiger partial charge in [-0.25, -0.2) is 4.79 Å². The number of amides is 1. The van der Waals surface area contributed by atoms with Crippen LogP contribution >= 0.6 is 0 Å². The Labute approximate surface area is 158 Å². The van der Waals surface area contributed by atoms with Gasteiger partial charge in [-0.15, -0.1) is 0 Å². The van der Waals surface area contributed by atoms with Gasteiger partial charge < -0.3 is 14.8 Å². The van der Waals surface area contributed by atoms with E-state index in [9.17, 15) is 9.59 Å². The number of nitriles is 1. The molecule has 0 fully saturated rings. The summed E-state index contributed by atoms with van der Waals surface area (Å²) in [7, 11) is 0. The van der Waals surface area contributed by atoms with Crippen molar-refractivity contribution in [2.24, 2.45) is 0 Å². The first-order valence-corrected chi connectivity index (χ1v) is 8.48. The molecule has 1 amide bonds. The quantitative estimate of drug-likeness (QED) is 0.792. The average Bonchev–Trinajstić information content (AvgIpc) is 2.64. The molecule has 0 unspecified atom stereocenters. The molecule has 0 atom stereocenters. The van der Waals surface area contributed by atoms with Gasteiger partial charge in [-0.2, -0.15) is 5.26 Å². The molecular weight excluding hydrogens is 344 g/mol. The Kier molecular flexibility index (Phi) is 6.56. The van der Waals surface area contributed by atoms with Crippen molar-refractivity contribution in [3.05, 3.63) is 59.7 Å². The van der Waals surface area contributed by atoms with Gasteiger partial charge in [-0.1, -0.05) is 51.1 Å². The first kappa shape index (κ1) is 20.0. The molecule has 0 bridgehead atoms. The zero-order valence-electron chi connectivity index (χ0n) is 15.6. The fraction of sp³-hybridized carbons (Fsp3) is 0.286. The van der Waals surface area contributed by atoms with Gasteiger partial charge in [0.1, 0.15) is 11.8 Å². The first-order valence-electron chi connectivity index (χ1n) is 8.48. The van der Waals surface area contributed by atoms with Crippen LogP contribution in [0.25, 0.3) is 0 Å². The van der Waals surface area contributed by atoms with Gasteiger partial charge in [0.25, 0.3) is 5.91 Å². The van der Waals surface area contributed by atoms with Crippen molar-refractivity contribution in [2.75, 3.05) is 18.5 Å². The second-order valence-corrected chi connectivity index (χ2v) is 6.90. The monoisotopic (exact) mass is 366 g/mol. The summed E-state index contributed by atoms with van der Waals surface area (Å²) in [6.07, 6.45) is 0. The number of esters is 1. The molecule has 0 aliphatic rings. The summed E-state index contributed by atoms with van der Waals surface area (Å²) in [6, 6.07) is 16.0. The maximum Gasteiger partial charge on any atom is 0.344 e. The van der Waals surface area contributed by atoms with E-state index < -0.39 is 18.5 Å². The lowest BCUT2D eigenvalue weighted by atomic mass is 9.86. The van der Waals surface area contributed by atoms with E-state index in [0.717, 1.165) is 5.56 Å². The molecule has 2 rings (SSSR count). The summed E-state index contributed by atoms with van der Waals surface area (Å²) < 4.78 is 10.5. The molecule has 1 N–H and O–H groups in total. The molecule has 6 nitrogen and oxygen atoms in total. The van der Waals surface area contributed by atoms with E-state index >= 15 is 0 Å². The van der Waals surface area contributed by atoms with Gasteiger partial charge in [0.15, 0.2) is 13.2 Å². The van der Waals surface area contributed by atoms with Crippen LogP contribution in [0.4, 0.5) is 5.69 Å². The van der Waals surface area contributed by atoms with Crippen LogP contribution < -0.4 is 10.1 Å². The highest BCUT2D eigenvalue weighted by atomic mass is 16.6. The highest BCUT2D eigenvalue weighted by molar-refractivity contribution is 5.94. The van der Waals surface area contributed by atoms with Crippen LogP contribution in [0.3, 0.4) is 0 Å². The van der Waals surface area contributed by atoms with E-state index in [4.69, 9.17) is 14.7 Å². The molecule has 0 saturated heterocycles. The Bertz CT molecular complexity index is 863. The molecule has 0 saturated carbocycles. The summed E-state index contributed by atoms with van der Waals surface area (Å²) >= 11 is 0. The molecule has 0 radical (unpaired) electrons. The van der Waals surface area contributed by atoms with Crippen molar-refractivity contribution < 1.29 is 19.1 Å². The topological polar surface area (TPSA) is 88.4 Å². The van der Waals surface area contributed by atoms with Crippen molar-refractivity contribution in [2.45, 2.75) is 26.2 Å².